The molecule has 0 spiro atoms. The lowest BCUT2D eigenvalue weighted by Crippen LogP contribution is -2.60. The van der Waals surface area contributed by atoms with Crippen LogP contribution in [0.3, 0.4) is 0 Å². The molecule has 6 heteroatoms. The van der Waals surface area contributed by atoms with Crippen LogP contribution < -0.4 is 0 Å². The van der Waals surface area contributed by atoms with Crippen LogP contribution in [0, 0.1) is 23.4 Å². The van der Waals surface area contributed by atoms with Gasteiger partial charge in [-0.25, -0.2) is 13.2 Å². The summed E-state index contributed by atoms with van der Waals surface area (Å²) in [4.78, 5) is 17.4. The summed E-state index contributed by atoms with van der Waals surface area (Å²) in [6.07, 6.45) is 2.01. The van der Waals surface area contributed by atoms with E-state index in [1.165, 1.54) is 24.3 Å². The van der Waals surface area contributed by atoms with Gasteiger partial charge in [-0.15, -0.1) is 0 Å². The lowest BCUT2D eigenvalue weighted by Gasteiger charge is -2.51. The summed E-state index contributed by atoms with van der Waals surface area (Å²) in [5.74, 6) is -2.44. The van der Waals surface area contributed by atoms with Crippen molar-refractivity contribution in [2.75, 3.05) is 19.6 Å². The van der Waals surface area contributed by atoms with Crippen molar-refractivity contribution in [1.29, 1.82) is 0 Å². The molecule has 1 amide bonds. The molecule has 6 rings (SSSR count). The van der Waals surface area contributed by atoms with Gasteiger partial charge in [-0.1, -0.05) is 18.2 Å². The van der Waals surface area contributed by atoms with Gasteiger partial charge in [0.2, 0.25) is 0 Å². The average molecular weight is 386 g/mol. The van der Waals surface area contributed by atoms with E-state index in [0.29, 0.717) is 12.5 Å². The summed E-state index contributed by atoms with van der Waals surface area (Å²) >= 11 is 0. The molecule has 0 aliphatic carbocycles. The number of hydrogen-bond donors (Lipinski definition) is 0. The Kier molecular flexibility index (Phi) is 4.19. The normalized spacial score (nSPS) is 31.1. The SMILES string of the molecule is O=C(c1cccc(F)c1F)N1C[C@@H](c2ccc(F)cc2)[C@@H]2[C@H]1C1CCN2CC1. The minimum Gasteiger partial charge on any atom is -0.333 e. The molecule has 4 heterocycles. The Morgan fingerprint density at radius 1 is 0.929 bits per heavy atom. The van der Waals surface area contributed by atoms with Gasteiger partial charge in [0.15, 0.2) is 11.6 Å². The summed E-state index contributed by atoms with van der Waals surface area (Å²) in [5.41, 5.74) is 0.772. The van der Waals surface area contributed by atoms with Crippen LogP contribution in [-0.2, 0) is 0 Å². The quantitative estimate of drug-likeness (QED) is 0.784. The van der Waals surface area contributed by atoms with Crippen LogP contribution in [0.25, 0.3) is 0 Å². The van der Waals surface area contributed by atoms with Crippen LogP contribution in [0.15, 0.2) is 42.5 Å². The molecule has 28 heavy (non-hydrogen) atoms. The number of fused-ring (bicyclic) bond motifs is 2. The highest BCUT2D eigenvalue weighted by molar-refractivity contribution is 5.95. The van der Waals surface area contributed by atoms with Crippen molar-refractivity contribution in [2.45, 2.75) is 30.8 Å². The predicted molar refractivity (Wildman–Crippen MR) is 98.4 cm³/mol. The zero-order valence-electron chi connectivity index (χ0n) is 15.3. The molecule has 0 saturated carbocycles. The number of benzene rings is 2. The molecule has 2 aromatic rings. The number of carbonyl (C=O) groups excluding carboxylic acids is 1. The molecule has 4 aliphatic heterocycles. The van der Waals surface area contributed by atoms with E-state index in [0.717, 1.165) is 37.6 Å². The number of hydrogen-bond acceptors (Lipinski definition) is 2. The van der Waals surface area contributed by atoms with Crippen molar-refractivity contribution in [3.8, 4) is 0 Å². The van der Waals surface area contributed by atoms with E-state index in [4.69, 9.17) is 0 Å². The minimum absolute atomic E-state index is 0.0206. The van der Waals surface area contributed by atoms with Crippen LogP contribution in [0.5, 0.6) is 0 Å². The van der Waals surface area contributed by atoms with E-state index in [9.17, 15) is 18.0 Å². The second-order valence-corrected chi connectivity index (χ2v) is 8.07. The van der Waals surface area contributed by atoms with E-state index in [2.05, 4.69) is 4.90 Å². The smallest absolute Gasteiger partial charge is 0.257 e. The van der Waals surface area contributed by atoms with Crippen LogP contribution in [-0.4, -0.2) is 47.4 Å². The third kappa shape index (κ3) is 2.65. The highest BCUT2D eigenvalue weighted by atomic mass is 19.2. The van der Waals surface area contributed by atoms with Crippen molar-refractivity contribution >= 4 is 5.91 Å². The van der Waals surface area contributed by atoms with E-state index < -0.39 is 17.5 Å². The van der Waals surface area contributed by atoms with Crippen molar-refractivity contribution in [2.24, 2.45) is 5.92 Å². The number of piperidine rings is 3. The Hall–Kier alpha value is -2.34. The fraction of sp³-hybridized carbons (Fsp3) is 0.409. The Balaban J connectivity index is 1.54. The fourth-order valence-corrected chi connectivity index (χ4v) is 5.48. The number of carbonyl (C=O) groups is 1. The Morgan fingerprint density at radius 3 is 2.36 bits per heavy atom. The van der Waals surface area contributed by atoms with Crippen LogP contribution in [0.4, 0.5) is 13.2 Å². The number of amides is 1. The molecule has 0 N–H and O–H groups in total. The standard InChI is InChI=1S/C22H21F3N2O/c23-15-6-4-13(5-7-15)17-12-27(20-14-8-10-26(11-9-14)21(17)20)22(28)16-2-1-3-18(24)19(16)25/h1-7,14,17,20-21H,8-12H2/t17-,20+,21+/m0/s1. The first kappa shape index (κ1) is 17.7. The molecule has 3 atom stereocenters. The van der Waals surface area contributed by atoms with Gasteiger partial charge in [0, 0.05) is 18.5 Å². The van der Waals surface area contributed by atoms with Crippen molar-refractivity contribution in [3.63, 3.8) is 0 Å². The van der Waals surface area contributed by atoms with Gasteiger partial charge in [-0.3, -0.25) is 9.69 Å². The largest absolute Gasteiger partial charge is 0.333 e. The maximum atomic E-state index is 14.3. The third-order valence-corrected chi connectivity index (χ3v) is 6.74. The van der Waals surface area contributed by atoms with Crippen molar-refractivity contribution in [3.05, 3.63) is 71.0 Å². The monoisotopic (exact) mass is 386 g/mol. The summed E-state index contributed by atoms with van der Waals surface area (Å²) < 4.78 is 41.4. The molecule has 4 aliphatic rings. The Bertz CT molecular complexity index is 908. The lowest BCUT2D eigenvalue weighted by atomic mass is 9.75. The summed E-state index contributed by atoms with van der Waals surface area (Å²) in [6.45, 7) is 2.41. The summed E-state index contributed by atoms with van der Waals surface area (Å²) in [7, 11) is 0. The molecule has 0 unspecified atom stereocenters. The average Bonchev–Trinajstić information content (AvgIpc) is 3.14. The molecule has 3 nitrogen and oxygen atoms in total. The molecule has 0 radical (unpaired) electrons. The van der Waals surface area contributed by atoms with Gasteiger partial charge in [0.25, 0.3) is 5.91 Å². The predicted octanol–water partition coefficient (Wildman–Crippen LogP) is 3.81. The maximum Gasteiger partial charge on any atom is 0.257 e. The molecule has 146 valence electrons. The molecular weight excluding hydrogens is 365 g/mol. The first-order chi connectivity index (χ1) is 13.5. The number of rotatable bonds is 2. The van der Waals surface area contributed by atoms with E-state index in [-0.39, 0.29) is 29.4 Å². The topological polar surface area (TPSA) is 23.6 Å². The minimum atomic E-state index is -1.09. The van der Waals surface area contributed by atoms with Crippen molar-refractivity contribution < 1.29 is 18.0 Å². The van der Waals surface area contributed by atoms with Gasteiger partial charge >= 0.3 is 0 Å². The summed E-state index contributed by atoms with van der Waals surface area (Å²) in [5, 5.41) is 0. The Morgan fingerprint density at radius 2 is 1.64 bits per heavy atom. The van der Waals surface area contributed by atoms with Gasteiger partial charge in [0.05, 0.1) is 11.6 Å². The van der Waals surface area contributed by atoms with E-state index >= 15 is 0 Å². The van der Waals surface area contributed by atoms with Gasteiger partial charge in [0.1, 0.15) is 5.82 Å². The number of likely N-dealkylation sites (tertiary alicyclic amines) is 1. The maximum absolute atomic E-state index is 14.3. The number of halogens is 3. The molecule has 4 saturated heterocycles. The first-order valence-corrected chi connectivity index (χ1v) is 9.79. The van der Waals surface area contributed by atoms with Gasteiger partial charge in [-0.2, -0.15) is 0 Å². The zero-order valence-corrected chi connectivity index (χ0v) is 15.3. The van der Waals surface area contributed by atoms with Crippen LogP contribution in [0.2, 0.25) is 0 Å². The molecule has 4 fully saturated rings. The summed E-state index contributed by atoms with van der Waals surface area (Å²) in [6, 6.07) is 10.3. The highest BCUT2D eigenvalue weighted by Gasteiger charge is 2.54. The van der Waals surface area contributed by atoms with Crippen LogP contribution in [0.1, 0.15) is 34.7 Å². The second-order valence-electron chi connectivity index (χ2n) is 8.07. The van der Waals surface area contributed by atoms with E-state index in [1.807, 2.05) is 0 Å². The molecule has 2 bridgehead atoms. The molecule has 2 aromatic carbocycles. The lowest BCUT2D eigenvalue weighted by molar-refractivity contribution is -0.00356. The Labute approximate surface area is 161 Å². The second kappa shape index (κ2) is 6.62. The van der Waals surface area contributed by atoms with E-state index in [1.54, 1.807) is 17.0 Å². The zero-order chi connectivity index (χ0) is 19.4. The third-order valence-electron chi connectivity index (χ3n) is 6.74. The fourth-order valence-electron chi connectivity index (χ4n) is 5.48. The molecule has 0 aromatic heterocycles. The van der Waals surface area contributed by atoms with Crippen molar-refractivity contribution in [1.82, 2.24) is 9.80 Å². The van der Waals surface area contributed by atoms with Gasteiger partial charge in [-0.05, 0) is 61.7 Å². The number of nitrogens with zero attached hydrogens (tertiary/aromatic N) is 2. The first-order valence-electron chi connectivity index (χ1n) is 9.79. The van der Waals surface area contributed by atoms with Gasteiger partial charge < -0.3 is 4.90 Å². The highest BCUT2D eigenvalue weighted by Crippen LogP contribution is 2.47. The van der Waals surface area contributed by atoms with Crippen LogP contribution >= 0.6 is 0 Å². The molecular formula is C22H21F3N2O.